The standard InChI is InChI=1S/C19H29N3O6S2/c1-14-11-22(12-15(2)28-14)30(26,27)18-8-6-16(7-9-18)19(23)20-17-5-4-10-21(13-17)29(3,24)25/h6-9,14-15,17H,4-5,10-13H2,1-3H3,(H,20,23). The van der Waals surface area contributed by atoms with Crippen molar-refractivity contribution in [3.8, 4) is 0 Å². The lowest BCUT2D eigenvalue weighted by Gasteiger charge is -2.34. The number of hydrogen-bond donors (Lipinski definition) is 1. The number of carbonyl (C=O) groups is 1. The molecule has 168 valence electrons. The first-order valence-electron chi connectivity index (χ1n) is 9.98. The van der Waals surface area contributed by atoms with E-state index in [1.807, 2.05) is 13.8 Å². The minimum absolute atomic E-state index is 0.126. The van der Waals surface area contributed by atoms with Gasteiger partial charge in [0.05, 0.1) is 23.4 Å². The summed E-state index contributed by atoms with van der Waals surface area (Å²) in [5.41, 5.74) is 0.328. The lowest BCUT2D eigenvalue weighted by atomic mass is 10.1. The molecule has 2 heterocycles. The fourth-order valence-corrected chi connectivity index (χ4v) is 6.39. The van der Waals surface area contributed by atoms with Gasteiger partial charge in [-0.3, -0.25) is 4.79 Å². The summed E-state index contributed by atoms with van der Waals surface area (Å²) in [7, 11) is -6.97. The van der Waals surface area contributed by atoms with Crippen LogP contribution in [0.15, 0.2) is 29.2 Å². The summed E-state index contributed by atoms with van der Waals surface area (Å²) in [6, 6.07) is 5.54. The van der Waals surface area contributed by atoms with Crippen LogP contribution in [0, 0.1) is 0 Å². The highest BCUT2D eigenvalue weighted by Crippen LogP contribution is 2.22. The maximum Gasteiger partial charge on any atom is 0.251 e. The molecule has 2 aliphatic rings. The first-order chi connectivity index (χ1) is 14.0. The van der Waals surface area contributed by atoms with Gasteiger partial charge in [0, 0.05) is 37.8 Å². The number of morpholine rings is 1. The molecular formula is C19H29N3O6S2. The SMILES string of the molecule is CC1CN(S(=O)(=O)c2ccc(C(=O)NC3CCCN(S(C)(=O)=O)C3)cc2)CC(C)O1. The van der Waals surface area contributed by atoms with Crippen molar-refractivity contribution in [1.82, 2.24) is 13.9 Å². The molecule has 0 bridgehead atoms. The number of carbonyl (C=O) groups excluding carboxylic acids is 1. The Bertz CT molecular complexity index is 968. The first kappa shape index (κ1) is 23.1. The van der Waals surface area contributed by atoms with E-state index < -0.39 is 20.0 Å². The average Bonchev–Trinajstić information content (AvgIpc) is 2.67. The van der Waals surface area contributed by atoms with E-state index in [4.69, 9.17) is 4.74 Å². The van der Waals surface area contributed by atoms with Crippen molar-refractivity contribution in [2.45, 2.75) is 49.8 Å². The van der Waals surface area contributed by atoms with Gasteiger partial charge in [-0.15, -0.1) is 0 Å². The Morgan fingerprint density at radius 2 is 1.60 bits per heavy atom. The van der Waals surface area contributed by atoms with E-state index in [1.165, 1.54) is 32.9 Å². The zero-order chi connectivity index (χ0) is 22.1. The van der Waals surface area contributed by atoms with Crippen LogP contribution in [-0.2, 0) is 24.8 Å². The smallest absolute Gasteiger partial charge is 0.251 e. The molecule has 0 saturated carbocycles. The number of piperidine rings is 1. The van der Waals surface area contributed by atoms with Crippen LogP contribution in [0.2, 0.25) is 0 Å². The van der Waals surface area contributed by atoms with E-state index in [1.54, 1.807) is 0 Å². The van der Waals surface area contributed by atoms with E-state index in [0.717, 1.165) is 6.26 Å². The van der Waals surface area contributed by atoms with Gasteiger partial charge >= 0.3 is 0 Å². The number of ether oxygens (including phenoxy) is 1. The Balaban J connectivity index is 1.67. The number of nitrogens with zero attached hydrogens (tertiary/aromatic N) is 2. The summed E-state index contributed by atoms with van der Waals surface area (Å²) in [4.78, 5) is 12.7. The predicted octanol–water partition coefficient (Wildman–Crippen LogP) is 0.638. The number of nitrogens with one attached hydrogen (secondary N) is 1. The highest BCUT2D eigenvalue weighted by molar-refractivity contribution is 7.89. The minimum Gasteiger partial charge on any atom is -0.373 e. The third kappa shape index (κ3) is 5.38. The lowest BCUT2D eigenvalue weighted by molar-refractivity contribution is -0.0440. The number of benzene rings is 1. The van der Waals surface area contributed by atoms with Crippen LogP contribution >= 0.6 is 0 Å². The summed E-state index contributed by atoms with van der Waals surface area (Å²) in [6.45, 7) is 4.94. The average molecular weight is 460 g/mol. The fraction of sp³-hybridized carbons (Fsp3) is 0.632. The molecule has 1 aromatic rings. The molecule has 3 atom stereocenters. The first-order valence-corrected chi connectivity index (χ1v) is 13.3. The van der Waals surface area contributed by atoms with E-state index in [9.17, 15) is 21.6 Å². The maximum absolute atomic E-state index is 12.9. The largest absolute Gasteiger partial charge is 0.373 e. The topological polar surface area (TPSA) is 113 Å². The Hall–Kier alpha value is -1.53. The Kier molecular flexibility index (Phi) is 6.87. The van der Waals surface area contributed by atoms with Crippen molar-refractivity contribution < 1.29 is 26.4 Å². The molecule has 1 amide bonds. The maximum atomic E-state index is 12.9. The molecule has 0 aromatic heterocycles. The molecule has 2 aliphatic heterocycles. The highest BCUT2D eigenvalue weighted by atomic mass is 32.2. The van der Waals surface area contributed by atoms with Gasteiger partial charge in [-0.1, -0.05) is 0 Å². The lowest BCUT2D eigenvalue weighted by Crippen LogP contribution is -2.49. The summed E-state index contributed by atoms with van der Waals surface area (Å²) in [6.07, 6.45) is 2.15. The molecule has 3 unspecified atom stereocenters. The number of amides is 1. The molecule has 0 radical (unpaired) electrons. The summed E-state index contributed by atoms with van der Waals surface area (Å²) >= 11 is 0. The molecule has 0 spiro atoms. The van der Waals surface area contributed by atoms with Crippen molar-refractivity contribution in [1.29, 1.82) is 0 Å². The quantitative estimate of drug-likeness (QED) is 0.691. The van der Waals surface area contributed by atoms with E-state index in [2.05, 4.69) is 5.32 Å². The zero-order valence-corrected chi connectivity index (χ0v) is 19.1. The van der Waals surface area contributed by atoms with Gasteiger partial charge in [0.1, 0.15) is 0 Å². The molecule has 3 rings (SSSR count). The van der Waals surface area contributed by atoms with E-state index >= 15 is 0 Å². The van der Waals surface area contributed by atoms with Gasteiger partial charge in [-0.05, 0) is 51.0 Å². The van der Waals surface area contributed by atoms with Crippen LogP contribution < -0.4 is 5.32 Å². The zero-order valence-electron chi connectivity index (χ0n) is 17.4. The predicted molar refractivity (Wildman–Crippen MR) is 112 cm³/mol. The Morgan fingerprint density at radius 3 is 2.17 bits per heavy atom. The molecular weight excluding hydrogens is 430 g/mol. The Labute approximate surface area is 178 Å². The second-order valence-electron chi connectivity index (χ2n) is 8.04. The molecule has 1 N–H and O–H groups in total. The van der Waals surface area contributed by atoms with Crippen LogP contribution in [0.3, 0.4) is 0 Å². The summed E-state index contributed by atoms with van der Waals surface area (Å²) < 4.78 is 57.7. The summed E-state index contributed by atoms with van der Waals surface area (Å²) in [5, 5.41) is 2.85. The van der Waals surface area contributed by atoms with Crippen molar-refractivity contribution in [3.05, 3.63) is 29.8 Å². The van der Waals surface area contributed by atoms with Gasteiger partial charge in [0.15, 0.2) is 0 Å². The summed E-state index contributed by atoms with van der Waals surface area (Å²) in [5.74, 6) is -0.354. The van der Waals surface area contributed by atoms with Crippen molar-refractivity contribution >= 4 is 26.0 Å². The van der Waals surface area contributed by atoms with Crippen LogP contribution in [0.1, 0.15) is 37.0 Å². The second-order valence-corrected chi connectivity index (χ2v) is 12.0. The third-order valence-electron chi connectivity index (χ3n) is 5.33. The number of sulfonamides is 2. The van der Waals surface area contributed by atoms with Gasteiger partial charge in [0.25, 0.3) is 5.91 Å². The van der Waals surface area contributed by atoms with Gasteiger partial charge in [-0.25, -0.2) is 21.1 Å². The van der Waals surface area contributed by atoms with E-state index in [-0.39, 0.29) is 48.7 Å². The van der Waals surface area contributed by atoms with Gasteiger partial charge in [0.2, 0.25) is 20.0 Å². The monoisotopic (exact) mass is 459 g/mol. The van der Waals surface area contributed by atoms with Crippen LogP contribution in [-0.4, -0.2) is 82.0 Å². The van der Waals surface area contributed by atoms with Gasteiger partial charge < -0.3 is 10.1 Å². The van der Waals surface area contributed by atoms with Crippen molar-refractivity contribution in [2.75, 3.05) is 32.4 Å². The number of rotatable bonds is 5. The molecule has 0 aliphatic carbocycles. The van der Waals surface area contributed by atoms with Crippen molar-refractivity contribution in [2.24, 2.45) is 0 Å². The van der Waals surface area contributed by atoms with E-state index in [0.29, 0.717) is 24.9 Å². The molecule has 2 fully saturated rings. The van der Waals surface area contributed by atoms with Crippen LogP contribution in [0.5, 0.6) is 0 Å². The third-order valence-corrected chi connectivity index (χ3v) is 8.44. The fourth-order valence-electron chi connectivity index (χ4n) is 3.88. The van der Waals surface area contributed by atoms with Crippen molar-refractivity contribution in [3.63, 3.8) is 0 Å². The second kappa shape index (κ2) is 8.91. The molecule has 30 heavy (non-hydrogen) atoms. The minimum atomic E-state index is -3.67. The molecule has 11 heteroatoms. The van der Waals surface area contributed by atoms with Crippen LogP contribution in [0.4, 0.5) is 0 Å². The molecule has 9 nitrogen and oxygen atoms in total. The number of hydrogen-bond acceptors (Lipinski definition) is 6. The highest BCUT2D eigenvalue weighted by Gasteiger charge is 2.32. The molecule has 1 aromatic carbocycles. The van der Waals surface area contributed by atoms with Crippen LogP contribution in [0.25, 0.3) is 0 Å². The van der Waals surface area contributed by atoms with Gasteiger partial charge in [-0.2, -0.15) is 4.31 Å². The normalized spacial score (nSPS) is 27.0. The Morgan fingerprint density at radius 1 is 1.00 bits per heavy atom. The molecule has 2 saturated heterocycles.